The highest BCUT2D eigenvalue weighted by molar-refractivity contribution is 14.1. The molecule has 1 atom stereocenters. The summed E-state index contributed by atoms with van der Waals surface area (Å²) in [5.74, 6) is 0.738. The lowest BCUT2D eigenvalue weighted by Gasteiger charge is -2.13. The number of rotatable bonds is 5. The maximum Gasteiger partial charge on any atom is 0.0168 e. The lowest BCUT2D eigenvalue weighted by Crippen LogP contribution is -2.07. The first-order valence-electron chi connectivity index (χ1n) is 5.48. The summed E-state index contributed by atoms with van der Waals surface area (Å²) in [4.78, 5) is 0.668. The largest absolute Gasteiger partial charge is 0.0888 e. The molecule has 15 heavy (non-hydrogen) atoms. The number of alkyl halides is 1. The van der Waals surface area contributed by atoms with E-state index < -0.39 is 0 Å². The fourth-order valence-electron chi connectivity index (χ4n) is 1.49. The monoisotopic (exact) mass is 380 g/mol. The van der Waals surface area contributed by atoms with Crippen LogP contribution in [0.1, 0.15) is 32.3 Å². The topological polar surface area (TPSA) is 0 Å². The molecular weight excluding hydrogens is 363 g/mol. The Bertz CT molecular complexity index is 279. The Balaban J connectivity index is 2.29. The van der Waals surface area contributed by atoms with Crippen LogP contribution in [0.5, 0.6) is 0 Å². The first-order valence-corrected chi connectivity index (χ1v) is 7.47. The Morgan fingerprint density at radius 2 is 1.80 bits per heavy atom. The molecule has 0 aliphatic carbocycles. The van der Waals surface area contributed by atoms with E-state index in [0.29, 0.717) is 4.83 Å². The van der Waals surface area contributed by atoms with Crippen molar-refractivity contribution in [1.82, 2.24) is 0 Å². The average Bonchev–Trinajstić information content (AvgIpc) is 2.20. The molecule has 0 radical (unpaired) electrons. The Hall–Kier alpha value is 0.430. The van der Waals surface area contributed by atoms with Gasteiger partial charge in [0.15, 0.2) is 0 Å². The number of hydrogen-bond acceptors (Lipinski definition) is 0. The van der Waals surface area contributed by atoms with Crippen LogP contribution < -0.4 is 0 Å². The standard InChI is InChI=1S/C13H18BrI/c1-10(2)13(14)5-3-4-11-6-8-12(15)9-7-11/h6-10,13H,3-5H2,1-2H3. The molecule has 0 aliphatic rings. The number of benzene rings is 1. The van der Waals surface area contributed by atoms with Gasteiger partial charge in [-0.2, -0.15) is 0 Å². The van der Waals surface area contributed by atoms with Crippen molar-refractivity contribution < 1.29 is 0 Å². The number of halogens is 2. The van der Waals surface area contributed by atoms with E-state index in [1.54, 1.807) is 0 Å². The van der Waals surface area contributed by atoms with E-state index in [1.807, 2.05) is 0 Å². The highest BCUT2D eigenvalue weighted by Gasteiger charge is 2.08. The van der Waals surface area contributed by atoms with Gasteiger partial charge in [0, 0.05) is 8.40 Å². The third-order valence-electron chi connectivity index (χ3n) is 2.58. The van der Waals surface area contributed by atoms with Crippen LogP contribution >= 0.6 is 38.5 Å². The van der Waals surface area contributed by atoms with Crippen molar-refractivity contribution in [2.24, 2.45) is 5.92 Å². The first-order chi connectivity index (χ1) is 7.09. The zero-order valence-corrected chi connectivity index (χ0v) is 13.1. The maximum absolute atomic E-state index is 3.73. The summed E-state index contributed by atoms with van der Waals surface area (Å²) in [6.45, 7) is 4.54. The van der Waals surface area contributed by atoms with Gasteiger partial charge in [-0.1, -0.05) is 41.9 Å². The Labute approximate surface area is 115 Å². The van der Waals surface area contributed by atoms with Gasteiger partial charge in [-0.05, 0) is 65.5 Å². The van der Waals surface area contributed by atoms with E-state index in [4.69, 9.17) is 0 Å². The number of hydrogen-bond donors (Lipinski definition) is 0. The summed E-state index contributed by atoms with van der Waals surface area (Å²) < 4.78 is 1.32. The van der Waals surface area contributed by atoms with Crippen LogP contribution in [0.25, 0.3) is 0 Å². The van der Waals surface area contributed by atoms with Gasteiger partial charge in [-0.25, -0.2) is 0 Å². The van der Waals surface area contributed by atoms with Crippen LogP contribution in [-0.2, 0) is 6.42 Å². The maximum atomic E-state index is 3.73. The molecule has 0 aliphatic heterocycles. The summed E-state index contributed by atoms with van der Waals surface area (Å²) in [5, 5.41) is 0. The molecule has 2 heteroatoms. The molecule has 0 spiro atoms. The minimum atomic E-state index is 0.668. The third-order valence-corrected chi connectivity index (χ3v) is 4.82. The summed E-state index contributed by atoms with van der Waals surface area (Å²) in [6.07, 6.45) is 3.74. The van der Waals surface area contributed by atoms with Gasteiger partial charge < -0.3 is 0 Å². The molecule has 1 rings (SSSR count). The van der Waals surface area contributed by atoms with Gasteiger partial charge in [-0.3, -0.25) is 0 Å². The SMILES string of the molecule is CC(C)C(Br)CCCc1ccc(I)cc1. The molecule has 0 nitrogen and oxygen atoms in total. The van der Waals surface area contributed by atoms with Crippen molar-refractivity contribution in [3.63, 3.8) is 0 Å². The van der Waals surface area contributed by atoms with E-state index >= 15 is 0 Å². The second-order valence-electron chi connectivity index (χ2n) is 4.28. The van der Waals surface area contributed by atoms with E-state index in [-0.39, 0.29) is 0 Å². The van der Waals surface area contributed by atoms with E-state index in [1.165, 1.54) is 28.4 Å². The van der Waals surface area contributed by atoms with Crippen molar-refractivity contribution in [1.29, 1.82) is 0 Å². The predicted molar refractivity (Wildman–Crippen MR) is 79.7 cm³/mol. The van der Waals surface area contributed by atoms with Crippen LogP contribution in [0.2, 0.25) is 0 Å². The molecule has 0 bridgehead atoms. The fraction of sp³-hybridized carbons (Fsp3) is 0.538. The van der Waals surface area contributed by atoms with Crippen LogP contribution in [0.3, 0.4) is 0 Å². The molecule has 1 aromatic carbocycles. The van der Waals surface area contributed by atoms with Crippen molar-refractivity contribution in [3.05, 3.63) is 33.4 Å². The molecular formula is C13H18BrI. The molecule has 0 aromatic heterocycles. The average molecular weight is 381 g/mol. The molecule has 0 saturated carbocycles. The number of aryl methyl sites for hydroxylation is 1. The molecule has 0 saturated heterocycles. The Kier molecular flexibility index (Phi) is 6.20. The predicted octanol–water partition coefficient (Wildman–Crippen LogP) is 5.03. The normalized spacial score (nSPS) is 13.1. The quantitative estimate of drug-likeness (QED) is 0.496. The fourth-order valence-corrected chi connectivity index (χ4v) is 2.17. The molecule has 84 valence electrons. The van der Waals surface area contributed by atoms with Gasteiger partial charge in [0.25, 0.3) is 0 Å². The zero-order valence-electron chi connectivity index (χ0n) is 9.34. The lowest BCUT2D eigenvalue weighted by molar-refractivity contribution is 0.562. The van der Waals surface area contributed by atoms with Crippen molar-refractivity contribution in [2.45, 2.75) is 37.9 Å². The Morgan fingerprint density at radius 1 is 1.20 bits per heavy atom. The Morgan fingerprint density at radius 3 is 2.33 bits per heavy atom. The molecule has 1 aromatic rings. The summed E-state index contributed by atoms with van der Waals surface area (Å²) in [5.41, 5.74) is 1.46. The second kappa shape index (κ2) is 6.89. The van der Waals surface area contributed by atoms with Gasteiger partial charge in [-0.15, -0.1) is 0 Å². The van der Waals surface area contributed by atoms with Crippen molar-refractivity contribution in [2.75, 3.05) is 0 Å². The summed E-state index contributed by atoms with van der Waals surface area (Å²) in [7, 11) is 0. The van der Waals surface area contributed by atoms with Crippen LogP contribution in [-0.4, -0.2) is 4.83 Å². The van der Waals surface area contributed by atoms with Crippen LogP contribution in [0, 0.1) is 9.49 Å². The zero-order chi connectivity index (χ0) is 11.3. The lowest BCUT2D eigenvalue weighted by atomic mass is 10.0. The van der Waals surface area contributed by atoms with Crippen molar-refractivity contribution >= 4 is 38.5 Å². The van der Waals surface area contributed by atoms with Gasteiger partial charge in [0.2, 0.25) is 0 Å². The summed E-state index contributed by atoms with van der Waals surface area (Å²) in [6, 6.07) is 8.84. The molecule has 0 heterocycles. The third kappa shape index (κ3) is 5.34. The molecule has 1 unspecified atom stereocenters. The molecule has 0 fully saturated rings. The van der Waals surface area contributed by atoms with Crippen LogP contribution in [0.4, 0.5) is 0 Å². The van der Waals surface area contributed by atoms with E-state index in [9.17, 15) is 0 Å². The van der Waals surface area contributed by atoms with Crippen LogP contribution in [0.15, 0.2) is 24.3 Å². The van der Waals surface area contributed by atoms with E-state index in [2.05, 4.69) is 76.6 Å². The minimum Gasteiger partial charge on any atom is -0.0888 e. The minimum absolute atomic E-state index is 0.668. The molecule has 0 N–H and O–H groups in total. The van der Waals surface area contributed by atoms with Gasteiger partial charge in [0.1, 0.15) is 0 Å². The summed E-state index contributed by atoms with van der Waals surface area (Å²) >= 11 is 6.07. The van der Waals surface area contributed by atoms with Gasteiger partial charge >= 0.3 is 0 Å². The molecule has 0 amide bonds. The highest BCUT2D eigenvalue weighted by Crippen LogP contribution is 2.19. The smallest absolute Gasteiger partial charge is 0.0168 e. The first kappa shape index (κ1) is 13.5. The van der Waals surface area contributed by atoms with Crippen molar-refractivity contribution in [3.8, 4) is 0 Å². The highest BCUT2D eigenvalue weighted by atomic mass is 127. The second-order valence-corrected chi connectivity index (χ2v) is 6.70. The van der Waals surface area contributed by atoms with Gasteiger partial charge in [0.05, 0.1) is 0 Å². The van der Waals surface area contributed by atoms with E-state index in [0.717, 1.165) is 5.92 Å².